The van der Waals surface area contributed by atoms with Crippen LogP contribution >= 0.6 is 0 Å². The smallest absolute Gasteiger partial charge is 0.337 e. The Morgan fingerprint density at radius 1 is 1.00 bits per heavy atom. The van der Waals surface area contributed by atoms with Crippen molar-refractivity contribution in [1.82, 2.24) is 14.1 Å². The van der Waals surface area contributed by atoms with Crippen LogP contribution in [0.1, 0.15) is 11.3 Å². The Morgan fingerprint density at radius 2 is 1.76 bits per heavy atom. The molecule has 4 aromatic rings. The van der Waals surface area contributed by atoms with Crippen LogP contribution in [0.25, 0.3) is 16.7 Å². The number of methoxy groups -OCH3 is 2. The number of nitrogens with one attached hydrogen (secondary N) is 1. The van der Waals surface area contributed by atoms with E-state index in [0.717, 1.165) is 4.57 Å². The number of ether oxygens (including phenoxy) is 2. The van der Waals surface area contributed by atoms with E-state index in [9.17, 15) is 14.4 Å². The highest BCUT2D eigenvalue weighted by atomic mass is 16.5. The topological polar surface area (TPSA) is 104 Å². The Kier molecular flexibility index (Phi) is 6.18. The maximum Gasteiger partial charge on any atom is 0.337 e. The molecule has 0 fully saturated rings. The van der Waals surface area contributed by atoms with Gasteiger partial charge in [-0.05, 0) is 49.7 Å². The van der Waals surface area contributed by atoms with Crippen LogP contribution in [-0.4, -0.2) is 34.2 Å². The Bertz CT molecular complexity index is 1520. The lowest BCUT2D eigenvalue weighted by Gasteiger charge is -2.17. The highest BCUT2D eigenvalue weighted by molar-refractivity contribution is 5.91. The van der Waals surface area contributed by atoms with Crippen molar-refractivity contribution in [2.45, 2.75) is 20.4 Å². The first-order valence-electron chi connectivity index (χ1n) is 10.5. The molecule has 0 aliphatic heterocycles. The van der Waals surface area contributed by atoms with Gasteiger partial charge in [0, 0.05) is 17.4 Å². The van der Waals surface area contributed by atoms with Gasteiger partial charge in [-0.2, -0.15) is 0 Å². The molecule has 0 radical (unpaired) electrons. The van der Waals surface area contributed by atoms with Gasteiger partial charge in [0.2, 0.25) is 5.91 Å². The quantitative estimate of drug-likeness (QED) is 0.475. The minimum absolute atomic E-state index is 0.210. The third kappa shape index (κ3) is 4.15. The molecule has 0 unspecified atom stereocenters. The van der Waals surface area contributed by atoms with E-state index in [0.29, 0.717) is 34.1 Å². The molecule has 0 saturated carbocycles. The fourth-order valence-corrected chi connectivity index (χ4v) is 3.89. The van der Waals surface area contributed by atoms with Crippen LogP contribution in [0, 0.1) is 13.8 Å². The average molecular weight is 460 g/mol. The number of aromatic nitrogens is 3. The molecular weight excluding hydrogens is 436 g/mol. The number of rotatable bonds is 6. The van der Waals surface area contributed by atoms with Crippen LogP contribution in [0.2, 0.25) is 0 Å². The lowest BCUT2D eigenvalue weighted by molar-refractivity contribution is -0.116. The molecule has 0 saturated heterocycles. The van der Waals surface area contributed by atoms with Crippen LogP contribution in [-0.2, 0) is 11.3 Å². The zero-order chi connectivity index (χ0) is 24.4. The molecule has 34 heavy (non-hydrogen) atoms. The predicted molar refractivity (Wildman–Crippen MR) is 129 cm³/mol. The van der Waals surface area contributed by atoms with E-state index >= 15 is 0 Å². The number of anilines is 1. The molecule has 0 spiro atoms. The van der Waals surface area contributed by atoms with Gasteiger partial charge in [0.05, 0.1) is 25.3 Å². The fraction of sp³-hybridized carbons (Fsp3) is 0.200. The van der Waals surface area contributed by atoms with Gasteiger partial charge in [-0.25, -0.2) is 18.9 Å². The lowest BCUT2D eigenvalue weighted by Crippen LogP contribution is -2.42. The highest BCUT2D eigenvalue weighted by Gasteiger charge is 2.21. The summed E-state index contributed by atoms with van der Waals surface area (Å²) in [6.07, 6.45) is 0. The van der Waals surface area contributed by atoms with Crippen LogP contribution in [0.15, 0.2) is 64.2 Å². The molecule has 2 aromatic heterocycles. The number of fused-ring (bicyclic) bond motifs is 1. The van der Waals surface area contributed by atoms with Crippen LogP contribution in [0.3, 0.4) is 0 Å². The van der Waals surface area contributed by atoms with Gasteiger partial charge in [-0.1, -0.05) is 18.2 Å². The maximum atomic E-state index is 13.6. The summed E-state index contributed by atoms with van der Waals surface area (Å²) < 4.78 is 12.8. The summed E-state index contributed by atoms with van der Waals surface area (Å²) in [5.41, 5.74) is 1.13. The minimum Gasteiger partial charge on any atom is -0.497 e. The molecule has 0 bridgehead atoms. The number of carbonyl (C=O) groups excluding carboxylic acids is 1. The molecule has 174 valence electrons. The van der Waals surface area contributed by atoms with Gasteiger partial charge in [0.1, 0.15) is 18.0 Å². The number of pyridine rings is 1. The maximum absolute atomic E-state index is 13.6. The molecule has 2 heterocycles. The molecule has 0 atom stereocenters. The molecule has 0 aliphatic rings. The standard InChI is InChI=1S/C25H24N4O5/c1-15-12-16(2)26-23-22(15)24(31)28(14-21(30)27-17-8-7-9-18(13-17)33-3)25(32)29(23)19-10-5-6-11-20(19)34-4/h5-13H,14H2,1-4H3,(H,27,30). The Hall–Kier alpha value is -4.40. The number of amides is 1. The fourth-order valence-electron chi connectivity index (χ4n) is 3.89. The van der Waals surface area contributed by atoms with Crippen LogP contribution in [0.5, 0.6) is 11.5 Å². The highest BCUT2D eigenvalue weighted by Crippen LogP contribution is 2.24. The summed E-state index contributed by atoms with van der Waals surface area (Å²) in [4.78, 5) is 44.3. The van der Waals surface area contributed by atoms with E-state index in [2.05, 4.69) is 10.3 Å². The Labute approximate surface area is 195 Å². The summed E-state index contributed by atoms with van der Waals surface area (Å²) >= 11 is 0. The second-order valence-corrected chi connectivity index (χ2v) is 7.74. The molecule has 1 N–H and O–H groups in total. The first-order valence-corrected chi connectivity index (χ1v) is 10.5. The monoisotopic (exact) mass is 460 g/mol. The van der Waals surface area contributed by atoms with Gasteiger partial charge in [0.15, 0.2) is 5.65 Å². The SMILES string of the molecule is COc1cccc(NC(=O)Cn2c(=O)c3c(C)cc(C)nc3n(-c3ccccc3OC)c2=O)c1. The number of benzene rings is 2. The van der Waals surface area contributed by atoms with Gasteiger partial charge in [-0.15, -0.1) is 0 Å². The van der Waals surface area contributed by atoms with Gasteiger partial charge in [0.25, 0.3) is 5.56 Å². The first-order chi connectivity index (χ1) is 16.3. The number of carbonyl (C=O) groups is 1. The van der Waals surface area contributed by atoms with E-state index in [4.69, 9.17) is 9.47 Å². The van der Waals surface area contributed by atoms with Crippen molar-refractivity contribution in [3.05, 3.63) is 86.7 Å². The van der Waals surface area contributed by atoms with Crippen LogP contribution in [0.4, 0.5) is 5.69 Å². The van der Waals surface area contributed by atoms with Crippen molar-refractivity contribution in [2.75, 3.05) is 19.5 Å². The molecule has 1 amide bonds. The third-order valence-corrected chi connectivity index (χ3v) is 5.40. The molecule has 4 rings (SSSR count). The molecule has 9 heteroatoms. The van der Waals surface area contributed by atoms with E-state index in [1.165, 1.54) is 18.8 Å². The largest absolute Gasteiger partial charge is 0.497 e. The van der Waals surface area contributed by atoms with Crippen molar-refractivity contribution < 1.29 is 14.3 Å². The molecule has 2 aromatic carbocycles. The van der Waals surface area contributed by atoms with Crippen molar-refractivity contribution in [1.29, 1.82) is 0 Å². The zero-order valence-electron chi connectivity index (χ0n) is 19.3. The summed E-state index contributed by atoms with van der Waals surface area (Å²) in [6, 6.07) is 15.5. The second kappa shape index (κ2) is 9.22. The van der Waals surface area contributed by atoms with E-state index in [-0.39, 0.29) is 11.0 Å². The summed E-state index contributed by atoms with van der Waals surface area (Å²) in [6.45, 7) is 3.08. The summed E-state index contributed by atoms with van der Waals surface area (Å²) in [5, 5.41) is 2.96. The molecular formula is C25H24N4O5. The zero-order valence-corrected chi connectivity index (χ0v) is 19.3. The summed E-state index contributed by atoms with van der Waals surface area (Å²) in [7, 11) is 3.02. The van der Waals surface area contributed by atoms with Crippen molar-refractivity contribution >= 4 is 22.6 Å². The van der Waals surface area contributed by atoms with Gasteiger partial charge in [-0.3, -0.25) is 9.59 Å². The predicted octanol–water partition coefficient (Wildman–Crippen LogP) is 2.82. The summed E-state index contributed by atoms with van der Waals surface area (Å²) in [5.74, 6) is 0.463. The Balaban J connectivity index is 1.90. The van der Waals surface area contributed by atoms with Crippen LogP contribution < -0.4 is 26.0 Å². The van der Waals surface area contributed by atoms with Gasteiger partial charge < -0.3 is 14.8 Å². The minimum atomic E-state index is -0.694. The van der Waals surface area contributed by atoms with E-state index in [1.54, 1.807) is 68.4 Å². The lowest BCUT2D eigenvalue weighted by atomic mass is 10.1. The average Bonchev–Trinajstić information content (AvgIpc) is 2.81. The van der Waals surface area contributed by atoms with E-state index in [1.807, 2.05) is 0 Å². The van der Waals surface area contributed by atoms with E-state index < -0.39 is 23.7 Å². The normalized spacial score (nSPS) is 10.8. The number of hydrogen-bond acceptors (Lipinski definition) is 6. The third-order valence-electron chi connectivity index (χ3n) is 5.40. The van der Waals surface area contributed by atoms with Crippen molar-refractivity contribution in [2.24, 2.45) is 0 Å². The Morgan fingerprint density at radius 3 is 2.50 bits per heavy atom. The number of aryl methyl sites for hydroxylation is 2. The van der Waals surface area contributed by atoms with Gasteiger partial charge >= 0.3 is 5.69 Å². The van der Waals surface area contributed by atoms with Crippen molar-refractivity contribution in [3.8, 4) is 17.2 Å². The second-order valence-electron chi connectivity index (χ2n) is 7.74. The molecule has 9 nitrogen and oxygen atoms in total. The number of para-hydroxylation sites is 2. The molecule has 0 aliphatic carbocycles. The first kappa shape index (κ1) is 22.8. The number of hydrogen-bond donors (Lipinski definition) is 1. The number of nitrogens with zero attached hydrogens (tertiary/aromatic N) is 3. The van der Waals surface area contributed by atoms with Crippen molar-refractivity contribution in [3.63, 3.8) is 0 Å².